The summed E-state index contributed by atoms with van der Waals surface area (Å²) in [6, 6.07) is 5.94. The van der Waals surface area contributed by atoms with Crippen LogP contribution >= 0.6 is 0 Å². The van der Waals surface area contributed by atoms with Crippen LogP contribution in [0, 0.1) is 23.6 Å². The Morgan fingerprint density at radius 1 is 1.26 bits per heavy atom. The van der Waals surface area contributed by atoms with Crippen LogP contribution in [0.5, 0.6) is 0 Å². The number of nitrogens with zero attached hydrogens (tertiary/aromatic N) is 3. The van der Waals surface area contributed by atoms with Gasteiger partial charge in [-0.3, -0.25) is 4.79 Å². The molecular weight excluding hydrogens is 397 g/mol. The van der Waals surface area contributed by atoms with Crippen LogP contribution in [0.3, 0.4) is 0 Å². The first-order valence-corrected chi connectivity index (χ1v) is 11.3. The van der Waals surface area contributed by atoms with Gasteiger partial charge in [-0.2, -0.15) is 0 Å². The van der Waals surface area contributed by atoms with Gasteiger partial charge in [-0.15, -0.1) is 10.2 Å². The highest BCUT2D eigenvalue weighted by Gasteiger charge is 2.43. The molecule has 0 amide bonds. The van der Waals surface area contributed by atoms with Crippen molar-refractivity contribution in [3.8, 4) is 11.3 Å². The summed E-state index contributed by atoms with van der Waals surface area (Å²) in [5, 5.41) is 15.9. The van der Waals surface area contributed by atoms with Crippen molar-refractivity contribution < 1.29 is 9.13 Å². The van der Waals surface area contributed by atoms with E-state index in [4.69, 9.17) is 4.74 Å². The lowest BCUT2D eigenvalue weighted by Gasteiger charge is -2.27. The third-order valence-electron chi connectivity index (χ3n) is 7.29. The number of aryl methyl sites for hydroxylation is 1. The molecule has 3 aliphatic rings. The lowest BCUT2D eigenvalue weighted by Crippen LogP contribution is -2.33. The molecule has 0 bridgehead atoms. The van der Waals surface area contributed by atoms with E-state index in [1.54, 1.807) is 6.20 Å². The highest BCUT2D eigenvalue weighted by Crippen LogP contribution is 2.41. The van der Waals surface area contributed by atoms with Crippen molar-refractivity contribution >= 4 is 5.82 Å². The normalized spacial score (nSPS) is 28.6. The maximum absolute atomic E-state index is 13.8. The minimum Gasteiger partial charge on any atom is -0.381 e. The van der Waals surface area contributed by atoms with Crippen LogP contribution < -0.4 is 16.2 Å². The van der Waals surface area contributed by atoms with Crippen LogP contribution in [0.15, 0.2) is 29.2 Å². The van der Waals surface area contributed by atoms with Gasteiger partial charge in [-0.25, -0.2) is 4.39 Å². The SMILES string of the molecule is Cn1cc(-c2ccc(N[C@H]3C[C@@H]4CN[C@@H](CC5CCOCC5)[C@H]4C3)nn2)cc(F)c1=O. The molecule has 7 nitrogen and oxygen atoms in total. The molecule has 0 radical (unpaired) electrons. The molecule has 166 valence electrons. The quantitative estimate of drug-likeness (QED) is 0.764. The molecule has 1 aliphatic carbocycles. The van der Waals surface area contributed by atoms with Crippen molar-refractivity contribution in [2.24, 2.45) is 24.8 Å². The number of aromatic nitrogens is 3. The molecule has 0 unspecified atom stereocenters. The Balaban J connectivity index is 1.20. The summed E-state index contributed by atoms with van der Waals surface area (Å²) in [4.78, 5) is 11.5. The van der Waals surface area contributed by atoms with E-state index in [0.717, 1.165) is 56.2 Å². The smallest absolute Gasteiger partial charge is 0.286 e. The number of hydrogen-bond donors (Lipinski definition) is 2. The molecule has 2 saturated heterocycles. The van der Waals surface area contributed by atoms with Gasteiger partial charge in [0.1, 0.15) is 5.82 Å². The highest BCUT2D eigenvalue weighted by atomic mass is 19.1. The molecule has 0 aromatic carbocycles. The first kappa shape index (κ1) is 20.6. The molecule has 2 aliphatic heterocycles. The summed E-state index contributed by atoms with van der Waals surface area (Å²) in [5.74, 6) is 2.19. The second-order valence-electron chi connectivity index (χ2n) is 9.34. The van der Waals surface area contributed by atoms with E-state index in [2.05, 4.69) is 20.8 Å². The van der Waals surface area contributed by atoms with Crippen LogP contribution in [0.1, 0.15) is 32.1 Å². The average Bonchev–Trinajstić information content (AvgIpc) is 3.34. The molecule has 2 N–H and O–H groups in total. The summed E-state index contributed by atoms with van der Waals surface area (Å²) >= 11 is 0. The summed E-state index contributed by atoms with van der Waals surface area (Å²) in [6.45, 7) is 2.94. The maximum Gasteiger partial charge on any atom is 0.286 e. The molecule has 4 heterocycles. The lowest BCUT2D eigenvalue weighted by molar-refractivity contribution is 0.0594. The monoisotopic (exact) mass is 427 g/mol. The molecule has 0 spiro atoms. The second kappa shape index (κ2) is 8.67. The van der Waals surface area contributed by atoms with E-state index < -0.39 is 11.4 Å². The Hall–Kier alpha value is -2.32. The summed E-state index contributed by atoms with van der Waals surface area (Å²) in [5.41, 5.74) is 0.437. The Morgan fingerprint density at radius 3 is 2.84 bits per heavy atom. The molecule has 4 atom stereocenters. The fourth-order valence-electron chi connectivity index (χ4n) is 5.64. The summed E-state index contributed by atoms with van der Waals surface area (Å²) in [6.07, 6.45) is 7.53. The van der Waals surface area contributed by atoms with Gasteiger partial charge in [0.15, 0.2) is 5.82 Å². The zero-order valence-corrected chi connectivity index (χ0v) is 17.9. The van der Waals surface area contributed by atoms with E-state index in [0.29, 0.717) is 23.3 Å². The first-order chi connectivity index (χ1) is 15.1. The van der Waals surface area contributed by atoms with Crippen LogP contribution in [0.4, 0.5) is 10.2 Å². The number of fused-ring (bicyclic) bond motifs is 1. The van der Waals surface area contributed by atoms with Gasteiger partial charge in [0.25, 0.3) is 5.56 Å². The minimum atomic E-state index is -0.787. The highest BCUT2D eigenvalue weighted by molar-refractivity contribution is 5.58. The van der Waals surface area contributed by atoms with E-state index in [9.17, 15) is 9.18 Å². The maximum atomic E-state index is 13.8. The summed E-state index contributed by atoms with van der Waals surface area (Å²) < 4.78 is 20.5. The molecule has 8 heteroatoms. The largest absolute Gasteiger partial charge is 0.381 e. The minimum absolute atomic E-state index is 0.407. The van der Waals surface area contributed by atoms with Gasteiger partial charge < -0.3 is 19.9 Å². The second-order valence-corrected chi connectivity index (χ2v) is 9.34. The van der Waals surface area contributed by atoms with Crippen molar-refractivity contribution in [2.45, 2.75) is 44.2 Å². The predicted octanol–water partition coefficient (Wildman–Crippen LogP) is 2.58. The Morgan fingerprint density at radius 2 is 2.10 bits per heavy atom. The summed E-state index contributed by atoms with van der Waals surface area (Å²) in [7, 11) is 1.53. The van der Waals surface area contributed by atoms with E-state index in [1.807, 2.05) is 12.1 Å². The fraction of sp³-hybridized carbons (Fsp3) is 0.609. The zero-order valence-electron chi connectivity index (χ0n) is 17.9. The number of anilines is 1. The van der Waals surface area contributed by atoms with Crippen LogP contribution in [-0.2, 0) is 11.8 Å². The standard InChI is InChI=1S/C23H30FN5O2/c1-29-13-16(10-19(24)23(29)30)20-2-3-22(28-27-20)26-17-9-15-12-25-21(18(15)11-17)8-14-4-6-31-7-5-14/h2-3,10,13-15,17-18,21,25H,4-9,11-12H2,1H3,(H,26,28)/t15-,17+,18+,21+/m1/s1. The van der Waals surface area contributed by atoms with Crippen molar-refractivity contribution in [3.63, 3.8) is 0 Å². The average molecular weight is 428 g/mol. The Labute approximate surface area is 181 Å². The molecular formula is C23H30FN5O2. The van der Waals surface area contributed by atoms with Crippen molar-refractivity contribution in [1.82, 2.24) is 20.1 Å². The van der Waals surface area contributed by atoms with Gasteiger partial charge >= 0.3 is 0 Å². The van der Waals surface area contributed by atoms with Crippen molar-refractivity contribution in [3.05, 3.63) is 40.6 Å². The molecule has 3 fully saturated rings. The van der Waals surface area contributed by atoms with Crippen molar-refractivity contribution in [1.29, 1.82) is 0 Å². The number of halogens is 1. The first-order valence-electron chi connectivity index (χ1n) is 11.3. The number of rotatable bonds is 5. The van der Waals surface area contributed by atoms with E-state index in [-0.39, 0.29) is 0 Å². The topological polar surface area (TPSA) is 81.1 Å². The Kier molecular flexibility index (Phi) is 5.75. The van der Waals surface area contributed by atoms with E-state index >= 15 is 0 Å². The number of nitrogens with one attached hydrogen (secondary N) is 2. The lowest BCUT2D eigenvalue weighted by atomic mass is 9.85. The molecule has 31 heavy (non-hydrogen) atoms. The predicted molar refractivity (Wildman–Crippen MR) is 116 cm³/mol. The fourth-order valence-corrected chi connectivity index (χ4v) is 5.64. The Bertz CT molecular complexity index is 947. The molecule has 2 aromatic heterocycles. The van der Waals surface area contributed by atoms with Gasteiger partial charge in [0.2, 0.25) is 0 Å². The molecule has 5 rings (SSSR count). The molecule has 2 aromatic rings. The van der Waals surface area contributed by atoms with Gasteiger partial charge in [-0.1, -0.05) is 0 Å². The van der Waals surface area contributed by atoms with Crippen molar-refractivity contribution in [2.75, 3.05) is 25.1 Å². The molecule has 1 saturated carbocycles. The number of pyridine rings is 1. The third kappa shape index (κ3) is 4.36. The third-order valence-corrected chi connectivity index (χ3v) is 7.29. The van der Waals surface area contributed by atoms with Crippen LogP contribution in [-0.4, -0.2) is 46.6 Å². The van der Waals surface area contributed by atoms with Crippen LogP contribution in [0.2, 0.25) is 0 Å². The van der Waals surface area contributed by atoms with Gasteiger partial charge in [-0.05, 0) is 74.6 Å². The zero-order chi connectivity index (χ0) is 21.4. The van der Waals surface area contributed by atoms with Gasteiger partial charge in [0.05, 0.1) is 5.69 Å². The number of ether oxygens (including phenoxy) is 1. The number of hydrogen-bond acceptors (Lipinski definition) is 6. The van der Waals surface area contributed by atoms with E-state index in [1.165, 1.54) is 36.9 Å². The van der Waals surface area contributed by atoms with Gasteiger partial charge in [0, 0.05) is 44.1 Å². The van der Waals surface area contributed by atoms with Crippen LogP contribution in [0.25, 0.3) is 11.3 Å².